The summed E-state index contributed by atoms with van der Waals surface area (Å²) in [4.78, 5) is 32.7. The second-order valence-corrected chi connectivity index (χ2v) is 10.9. The maximum atomic E-state index is 13.7. The van der Waals surface area contributed by atoms with Crippen LogP contribution in [0.2, 0.25) is 0 Å². The van der Waals surface area contributed by atoms with Gasteiger partial charge >= 0.3 is 5.69 Å². The van der Waals surface area contributed by atoms with Crippen molar-refractivity contribution in [2.75, 3.05) is 33.2 Å². The van der Waals surface area contributed by atoms with E-state index in [2.05, 4.69) is 7.05 Å². The molecule has 2 aromatic heterocycles. The van der Waals surface area contributed by atoms with E-state index < -0.39 is 0 Å². The maximum absolute atomic E-state index is 13.7. The van der Waals surface area contributed by atoms with Gasteiger partial charge < -0.3 is 9.80 Å². The zero-order valence-corrected chi connectivity index (χ0v) is 19.1. The molecule has 1 saturated heterocycles. The molecule has 6 nitrogen and oxygen atoms in total. The van der Waals surface area contributed by atoms with Crippen LogP contribution in [0.1, 0.15) is 67.8 Å². The first kappa shape index (κ1) is 20.5. The summed E-state index contributed by atoms with van der Waals surface area (Å²) >= 11 is 1.72. The average molecular weight is 433 g/mol. The Hall–Kier alpha value is -1.44. The van der Waals surface area contributed by atoms with Gasteiger partial charge in [0.15, 0.2) is 0 Å². The number of likely N-dealkylation sites (N-methyl/N-ethyl adjacent to an activating group) is 1. The molecule has 0 aromatic carbocycles. The van der Waals surface area contributed by atoms with Crippen LogP contribution in [0.25, 0.3) is 10.2 Å². The van der Waals surface area contributed by atoms with Crippen LogP contribution in [0.5, 0.6) is 0 Å². The van der Waals surface area contributed by atoms with E-state index in [9.17, 15) is 9.59 Å². The number of piperidine rings is 1. The average Bonchev–Trinajstić information content (AvgIpc) is 3.13. The number of aromatic nitrogens is 2. The van der Waals surface area contributed by atoms with Gasteiger partial charge in [0.25, 0.3) is 5.56 Å². The van der Waals surface area contributed by atoms with E-state index in [0.29, 0.717) is 0 Å². The number of fused-ring (bicyclic) bond motifs is 3. The van der Waals surface area contributed by atoms with Crippen LogP contribution in [-0.2, 0) is 19.5 Å². The molecular formula is C23H36N4O2S+2. The highest BCUT2D eigenvalue weighted by Crippen LogP contribution is 2.31. The molecule has 1 aliphatic carbocycles. The lowest BCUT2D eigenvalue weighted by atomic mass is 9.95. The minimum Gasteiger partial charge on any atom is -0.333 e. The topological polar surface area (TPSA) is 52.9 Å². The Morgan fingerprint density at radius 2 is 1.73 bits per heavy atom. The highest BCUT2D eigenvalue weighted by atomic mass is 32.1. The summed E-state index contributed by atoms with van der Waals surface area (Å²) < 4.78 is 3.66. The Kier molecular flexibility index (Phi) is 5.86. The molecule has 7 heteroatoms. The number of rotatable bonds is 4. The fraction of sp³-hybridized carbons (Fsp3) is 0.739. The third kappa shape index (κ3) is 3.69. The minimum atomic E-state index is -0.0462. The largest absolute Gasteiger partial charge is 0.333 e. The van der Waals surface area contributed by atoms with E-state index in [1.54, 1.807) is 20.8 Å². The van der Waals surface area contributed by atoms with Gasteiger partial charge in [-0.05, 0) is 37.7 Å². The van der Waals surface area contributed by atoms with E-state index in [0.717, 1.165) is 68.5 Å². The van der Waals surface area contributed by atoms with Crippen LogP contribution in [0.3, 0.4) is 0 Å². The molecule has 1 saturated carbocycles. The van der Waals surface area contributed by atoms with Crippen molar-refractivity contribution in [3.8, 4) is 0 Å². The first-order valence-electron chi connectivity index (χ1n) is 12.1. The Morgan fingerprint density at radius 3 is 2.50 bits per heavy atom. The molecule has 0 spiro atoms. The second-order valence-electron chi connectivity index (χ2n) is 9.78. The molecule has 1 atom stereocenters. The Bertz CT molecular complexity index is 1020. The van der Waals surface area contributed by atoms with E-state index in [-0.39, 0.29) is 17.3 Å². The van der Waals surface area contributed by atoms with Crippen molar-refractivity contribution >= 4 is 21.6 Å². The van der Waals surface area contributed by atoms with Gasteiger partial charge in [0, 0.05) is 12.5 Å². The van der Waals surface area contributed by atoms with Crippen molar-refractivity contribution in [3.05, 3.63) is 31.3 Å². The maximum Gasteiger partial charge on any atom is 0.332 e. The number of nitrogens with one attached hydrogen (secondary N) is 2. The smallest absolute Gasteiger partial charge is 0.332 e. The molecular weight excluding hydrogens is 396 g/mol. The summed E-state index contributed by atoms with van der Waals surface area (Å²) in [7, 11) is 2.22. The van der Waals surface area contributed by atoms with Gasteiger partial charge in [-0.25, -0.2) is 4.79 Å². The number of nitrogens with zero attached hydrogens (tertiary/aromatic N) is 2. The lowest BCUT2D eigenvalue weighted by Gasteiger charge is -2.26. The van der Waals surface area contributed by atoms with E-state index in [4.69, 9.17) is 0 Å². The van der Waals surface area contributed by atoms with Gasteiger partial charge in [-0.2, -0.15) is 0 Å². The van der Waals surface area contributed by atoms with E-state index in [1.165, 1.54) is 54.1 Å². The van der Waals surface area contributed by atoms with Crippen molar-refractivity contribution < 1.29 is 9.80 Å². The minimum absolute atomic E-state index is 0.000484. The summed E-state index contributed by atoms with van der Waals surface area (Å²) in [6.45, 7) is 6.21. The molecule has 2 N–H and O–H groups in total. The van der Waals surface area contributed by atoms with Gasteiger partial charge in [0.1, 0.15) is 11.4 Å². The first-order chi connectivity index (χ1) is 14.6. The fourth-order valence-electron chi connectivity index (χ4n) is 5.87. The van der Waals surface area contributed by atoms with Crippen LogP contribution in [0.15, 0.2) is 9.59 Å². The Balaban J connectivity index is 1.62. The normalized spacial score (nSPS) is 23.7. The highest BCUT2D eigenvalue weighted by Gasteiger charge is 2.29. The molecule has 1 unspecified atom stereocenters. The van der Waals surface area contributed by atoms with E-state index in [1.807, 2.05) is 4.57 Å². The zero-order valence-electron chi connectivity index (χ0n) is 18.3. The molecule has 4 heterocycles. The molecule has 164 valence electrons. The molecule has 0 bridgehead atoms. The fourth-order valence-corrected chi connectivity index (χ4v) is 7.34. The summed E-state index contributed by atoms with van der Waals surface area (Å²) in [5.74, 6) is 0. The molecule has 2 fully saturated rings. The molecule has 5 rings (SSSR count). The van der Waals surface area contributed by atoms with Crippen LogP contribution >= 0.6 is 11.3 Å². The second kappa shape index (κ2) is 8.60. The van der Waals surface area contributed by atoms with Gasteiger partial charge in [-0.15, -0.1) is 11.3 Å². The zero-order chi connectivity index (χ0) is 20.7. The Morgan fingerprint density at radius 1 is 1.00 bits per heavy atom. The van der Waals surface area contributed by atoms with Crippen LogP contribution in [0, 0.1) is 0 Å². The lowest BCUT2D eigenvalue weighted by Crippen LogP contribution is -3.13. The monoisotopic (exact) mass is 432 g/mol. The molecule has 3 aliphatic rings. The molecule has 2 aromatic rings. The third-order valence-electron chi connectivity index (χ3n) is 7.64. The van der Waals surface area contributed by atoms with Gasteiger partial charge in [-0.3, -0.25) is 13.9 Å². The molecule has 0 amide bonds. The number of quaternary nitrogens is 2. The van der Waals surface area contributed by atoms with Crippen molar-refractivity contribution in [2.45, 2.75) is 76.9 Å². The SMILES string of the molecule is C[NH+]1CCc2c(sc3c2c(=O)n(C2CCCCC2)c(=O)n3CC[NH+]2CCCCC2)C1. The van der Waals surface area contributed by atoms with Crippen molar-refractivity contribution in [1.29, 1.82) is 0 Å². The standard InChI is InChI=1S/C23H34N4O2S/c1-24-13-10-18-19(16-24)30-22-20(18)21(28)27(17-8-4-2-5-9-17)23(29)26(22)15-14-25-11-6-3-7-12-25/h17H,2-16H2,1H3/p+2. The van der Waals surface area contributed by atoms with Crippen molar-refractivity contribution in [1.82, 2.24) is 9.13 Å². The van der Waals surface area contributed by atoms with Crippen LogP contribution < -0.4 is 21.0 Å². The third-order valence-corrected chi connectivity index (χ3v) is 8.90. The van der Waals surface area contributed by atoms with E-state index >= 15 is 0 Å². The molecule has 30 heavy (non-hydrogen) atoms. The molecule has 2 aliphatic heterocycles. The lowest BCUT2D eigenvalue weighted by molar-refractivity contribution is -0.905. The summed E-state index contributed by atoms with van der Waals surface area (Å²) in [5, 5.41) is 0.876. The summed E-state index contributed by atoms with van der Waals surface area (Å²) in [5.41, 5.74) is 1.20. The van der Waals surface area contributed by atoms with Gasteiger partial charge in [-0.1, -0.05) is 19.3 Å². The van der Waals surface area contributed by atoms with Crippen molar-refractivity contribution in [3.63, 3.8) is 0 Å². The highest BCUT2D eigenvalue weighted by molar-refractivity contribution is 7.18. The van der Waals surface area contributed by atoms with Gasteiger partial charge in [0.2, 0.25) is 0 Å². The Labute approximate surface area is 182 Å². The predicted molar refractivity (Wildman–Crippen MR) is 121 cm³/mol. The number of likely N-dealkylation sites (tertiary alicyclic amines) is 1. The number of thiophene rings is 1. The van der Waals surface area contributed by atoms with Crippen LogP contribution in [-0.4, -0.2) is 42.4 Å². The van der Waals surface area contributed by atoms with Crippen LogP contribution in [0.4, 0.5) is 0 Å². The number of hydrogen-bond acceptors (Lipinski definition) is 3. The molecule has 0 radical (unpaired) electrons. The summed E-state index contributed by atoms with van der Waals surface area (Å²) in [6.07, 6.45) is 10.3. The predicted octanol–water partition coefficient (Wildman–Crippen LogP) is 0.370. The quantitative estimate of drug-likeness (QED) is 0.734. The first-order valence-corrected chi connectivity index (χ1v) is 12.9. The van der Waals surface area contributed by atoms with Crippen molar-refractivity contribution in [2.24, 2.45) is 0 Å². The summed E-state index contributed by atoms with van der Waals surface area (Å²) in [6, 6.07) is 0.0872. The number of hydrogen-bond donors (Lipinski definition) is 2. The van der Waals surface area contributed by atoms with Gasteiger partial charge in [0.05, 0.1) is 50.0 Å².